The largest absolute Gasteiger partial charge is 0.495 e. The number of aryl methyl sites for hydroxylation is 2. The molecular weight excluding hydrogens is 382 g/mol. The van der Waals surface area contributed by atoms with Gasteiger partial charge in [-0.05, 0) is 55.2 Å². The van der Waals surface area contributed by atoms with Crippen LogP contribution in [0, 0.1) is 6.92 Å². The van der Waals surface area contributed by atoms with Crippen molar-refractivity contribution in [1.29, 1.82) is 0 Å². The van der Waals surface area contributed by atoms with E-state index >= 15 is 0 Å². The predicted octanol–water partition coefficient (Wildman–Crippen LogP) is 2.70. The second-order valence-corrected chi connectivity index (χ2v) is 8.30. The molecule has 2 aromatic carbocycles. The Bertz CT molecular complexity index is 972. The quantitative estimate of drug-likeness (QED) is 0.688. The fourth-order valence-corrected chi connectivity index (χ4v) is 4.89. The van der Waals surface area contributed by atoms with E-state index in [0.717, 1.165) is 18.4 Å². The normalized spacial score (nSPS) is 13.6. The second kappa shape index (κ2) is 8.10. The highest BCUT2D eigenvalue weighted by Crippen LogP contribution is 2.39. The molecule has 0 amide bonds. The third-order valence-corrected chi connectivity index (χ3v) is 6.46. The Morgan fingerprint density at radius 1 is 1.14 bits per heavy atom. The number of methoxy groups -OCH3 is 2. The lowest BCUT2D eigenvalue weighted by Crippen LogP contribution is -2.35. The Morgan fingerprint density at radius 2 is 1.93 bits per heavy atom. The summed E-state index contributed by atoms with van der Waals surface area (Å²) < 4.78 is 43.5. The molecule has 7 nitrogen and oxygen atoms in total. The fourth-order valence-electron chi connectivity index (χ4n) is 3.25. The highest BCUT2D eigenvalue weighted by Gasteiger charge is 2.31. The minimum atomic E-state index is -3.78. The monoisotopic (exact) mass is 405 g/mol. The molecule has 0 atom stereocenters. The van der Waals surface area contributed by atoms with Crippen molar-refractivity contribution in [3.05, 3.63) is 47.5 Å². The van der Waals surface area contributed by atoms with E-state index in [0.29, 0.717) is 29.3 Å². The van der Waals surface area contributed by atoms with Crippen molar-refractivity contribution in [3.8, 4) is 11.5 Å². The lowest BCUT2D eigenvalue weighted by Gasteiger charge is -2.31. The highest BCUT2D eigenvalue weighted by atomic mass is 32.2. The lowest BCUT2D eigenvalue weighted by molar-refractivity contribution is -0.142. The summed E-state index contributed by atoms with van der Waals surface area (Å²) in [5.74, 6) is 0.463. The van der Waals surface area contributed by atoms with Crippen LogP contribution in [0.25, 0.3) is 0 Å². The molecule has 1 aliphatic rings. The third kappa shape index (κ3) is 3.77. The molecule has 0 aromatic heterocycles. The van der Waals surface area contributed by atoms with E-state index in [-0.39, 0.29) is 11.5 Å². The minimum Gasteiger partial charge on any atom is -0.495 e. The summed E-state index contributed by atoms with van der Waals surface area (Å²) in [5, 5.41) is 0. The summed E-state index contributed by atoms with van der Waals surface area (Å²) in [4.78, 5) is 11.4. The van der Waals surface area contributed by atoms with Crippen molar-refractivity contribution in [2.75, 3.05) is 31.7 Å². The van der Waals surface area contributed by atoms with Crippen LogP contribution in [0.3, 0.4) is 0 Å². The van der Waals surface area contributed by atoms with E-state index in [2.05, 4.69) is 4.74 Å². The number of esters is 1. The number of anilines is 1. The summed E-state index contributed by atoms with van der Waals surface area (Å²) >= 11 is 0. The summed E-state index contributed by atoms with van der Waals surface area (Å²) in [6.07, 6.45) is 1.54. The number of carbonyl (C=O) groups is 1. The molecule has 2 aromatic rings. The van der Waals surface area contributed by atoms with Crippen molar-refractivity contribution >= 4 is 21.7 Å². The number of benzene rings is 2. The zero-order valence-electron chi connectivity index (χ0n) is 16.1. The van der Waals surface area contributed by atoms with Crippen LogP contribution in [0.15, 0.2) is 41.3 Å². The molecule has 8 heteroatoms. The highest BCUT2D eigenvalue weighted by molar-refractivity contribution is 7.92. The molecule has 0 saturated heterocycles. The number of hydrogen-bond acceptors (Lipinski definition) is 6. The van der Waals surface area contributed by atoms with Gasteiger partial charge in [-0.2, -0.15) is 0 Å². The lowest BCUT2D eigenvalue weighted by atomic mass is 10.0. The number of fused-ring (bicyclic) bond motifs is 1. The van der Waals surface area contributed by atoms with E-state index in [1.54, 1.807) is 25.1 Å². The van der Waals surface area contributed by atoms with E-state index < -0.39 is 16.0 Å². The van der Waals surface area contributed by atoms with Gasteiger partial charge in [-0.15, -0.1) is 0 Å². The smallest absolute Gasteiger partial charge is 0.343 e. The number of rotatable bonds is 6. The standard InChI is InChI=1S/C20H23NO6S/c1-14-12-16(9-10-17(14)27-13-19(22)26-3)28(23,24)21-11-5-7-15-6-4-8-18(25-2)20(15)21/h4,6,8-10,12H,5,7,11,13H2,1-3H3. The van der Waals surface area contributed by atoms with Crippen LogP contribution in [0.2, 0.25) is 0 Å². The van der Waals surface area contributed by atoms with Crippen LogP contribution in [0.4, 0.5) is 5.69 Å². The van der Waals surface area contributed by atoms with E-state index in [9.17, 15) is 13.2 Å². The molecule has 0 unspecified atom stereocenters. The second-order valence-electron chi connectivity index (χ2n) is 6.44. The van der Waals surface area contributed by atoms with Gasteiger partial charge in [0.15, 0.2) is 6.61 Å². The molecule has 0 saturated carbocycles. The predicted molar refractivity (Wildman–Crippen MR) is 105 cm³/mol. The van der Waals surface area contributed by atoms with Crippen molar-refractivity contribution < 1.29 is 27.4 Å². The Hall–Kier alpha value is -2.74. The summed E-state index contributed by atoms with van der Waals surface area (Å²) in [5.41, 5.74) is 2.16. The number of sulfonamides is 1. The van der Waals surface area contributed by atoms with Gasteiger partial charge < -0.3 is 14.2 Å². The molecule has 1 aliphatic heterocycles. The van der Waals surface area contributed by atoms with Crippen LogP contribution < -0.4 is 13.8 Å². The Balaban J connectivity index is 1.95. The third-order valence-electron chi connectivity index (χ3n) is 4.67. The Kier molecular flexibility index (Phi) is 5.79. The average molecular weight is 405 g/mol. The molecule has 0 radical (unpaired) electrons. The van der Waals surface area contributed by atoms with Gasteiger partial charge in [0.05, 0.1) is 24.8 Å². The van der Waals surface area contributed by atoms with E-state index in [1.165, 1.54) is 24.6 Å². The van der Waals surface area contributed by atoms with E-state index in [4.69, 9.17) is 9.47 Å². The van der Waals surface area contributed by atoms with Crippen molar-refractivity contribution in [3.63, 3.8) is 0 Å². The number of ether oxygens (including phenoxy) is 3. The number of hydrogen-bond donors (Lipinski definition) is 0. The molecule has 1 heterocycles. The molecule has 150 valence electrons. The fraction of sp³-hybridized carbons (Fsp3) is 0.350. The van der Waals surface area contributed by atoms with Crippen molar-refractivity contribution in [1.82, 2.24) is 0 Å². The molecule has 28 heavy (non-hydrogen) atoms. The maximum atomic E-state index is 13.3. The first-order chi connectivity index (χ1) is 13.4. The molecular formula is C20H23NO6S. The van der Waals surface area contributed by atoms with Gasteiger partial charge >= 0.3 is 5.97 Å². The van der Waals surface area contributed by atoms with Gasteiger partial charge in [0.1, 0.15) is 11.5 Å². The van der Waals surface area contributed by atoms with Crippen LogP contribution in [-0.4, -0.2) is 41.8 Å². The number of para-hydroxylation sites is 1. The average Bonchev–Trinajstić information content (AvgIpc) is 2.71. The van der Waals surface area contributed by atoms with Gasteiger partial charge in [-0.25, -0.2) is 13.2 Å². The maximum absolute atomic E-state index is 13.3. The van der Waals surface area contributed by atoms with Crippen LogP contribution in [0.5, 0.6) is 11.5 Å². The van der Waals surface area contributed by atoms with E-state index in [1.807, 2.05) is 12.1 Å². The topological polar surface area (TPSA) is 82.1 Å². The minimum absolute atomic E-state index is 0.161. The maximum Gasteiger partial charge on any atom is 0.343 e. The first-order valence-electron chi connectivity index (χ1n) is 8.87. The first-order valence-corrected chi connectivity index (χ1v) is 10.3. The van der Waals surface area contributed by atoms with Crippen molar-refractivity contribution in [2.45, 2.75) is 24.7 Å². The molecule has 0 aliphatic carbocycles. The molecule has 3 rings (SSSR count). The molecule has 0 N–H and O–H groups in total. The number of nitrogens with zero attached hydrogens (tertiary/aromatic N) is 1. The first kappa shape index (κ1) is 20.0. The van der Waals surface area contributed by atoms with Gasteiger partial charge in [0, 0.05) is 6.54 Å². The molecule has 0 fully saturated rings. The van der Waals surface area contributed by atoms with Crippen LogP contribution in [0.1, 0.15) is 17.5 Å². The summed E-state index contributed by atoms with van der Waals surface area (Å²) in [6, 6.07) is 10.1. The Labute approximate surface area is 164 Å². The van der Waals surface area contributed by atoms with Gasteiger partial charge in [0.25, 0.3) is 10.0 Å². The Morgan fingerprint density at radius 3 is 2.61 bits per heavy atom. The van der Waals surface area contributed by atoms with Crippen molar-refractivity contribution in [2.24, 2.45) is 0 Å². The van der Waals surface area contributed by atoms with Crippen LogP contribution in [-0.2, 0) is 26.0 Å². The SMILES string of the molecule is COC(=O)COc1ccc(S(=O)(=O)N2CCCc3cccc(OC)c32)cc1C. The zero-order chi connectivity index (χ0) is 20.3. The molecule has 0 spiro atoms. The van der Waals surface area contributed by atoms with Crippen LogP contribution >= 0.6 is 0 Å². The summed E-state index contributed by atoms with van der Waals surface area (Å²) in [6.45, 7) is 1.88. The van der Waals surface area contributed by atoms with Gasteiger partial charge in [-0.3, -0.25) is 4.31 Å². The summed E-state index contributed by atoms with van der Waals surface area (Å²) in [7, 11) is -0.966. The number of carbonyl (C=O) groups excluding carboxylic acids is 1. The zero-order valence-corrected chi connectivity index (χ0v) is 16.9. The van der Waals surface area contributed by atoms with Gasteiger partial charge in [0.2, 0.25) is 0 Å². The molecule has 0 bridgehead atoms. The van der Waals surface area contributed by atoms with Gasteiger partial charge in [-0.1, -0.05) is 12.1 Å².